The summed E-state index contributed by atoms with van der Waals surface area (Å²) in [6, 6.07) is 6.04. The maximum absolute atomic E-state index is 9.27. The molecular formula is C11H18N2O. The molecule has 0 spiro atoms. The van der Waals surface area contributed by atoms with Gasteiger partial charge in [-0.05, 0) is 32.9 Å². The van der Waals surface area contributed by atoms with Crippen LogP contribution in [0.15, 0.2) is 18.2 Å². The zero-order valence-corrected chi connectivity index (χ0v) is 8.99. The fourth-order valence-corrected chi connectivity index (χ4v) is 1.13. The summed E-state index contributed by atoms with van der Waals surface area (Å²) in [7, 11) is 0. The summed E-state index contributed by atoms with van der Waals surface area (Å²) in [5, 5.41) is 12.5. The second-order valence-electron chi connectivity index (χ2n) is 3.68. The monoisotopic (exact) mass is 194 g/mol. The van der Waals surface area contributed by atoms with Crippen LogP contribution >= 0.6 is 0 Å². The van der Waals surface area contributed by atoms with E-state index in [1.165, 1.54) is 0 Å². The van der Waals surface area contributed by atoms with Crippen molar-refractivity contribution in [1.82, 2.24) is 10.3 Å². The van der Waals surface area contributed by atoms with Gasteiger partial charge in [-0.25, -0.2) is 0 Å². The minimum absolute atomic E-state index is 0.0947. The highest BCUT2D eigenvalue weighted by Gasteiger charge is 2.07. The summed E-state index contributed by atoms with van der Waals surface area (Å²) in [6.45, 7) is 6.41. The maximum Gasteiger partial charge on any atom is 0.0662 e. The van der Waals surface area contributed by atoms with Gasteiger partial charge in [0.2, 0.25) is 0 Å². The molecule has 0 aromatic carbocycles. The van der Waals surface area contributed by atoms with Gasteiger partial charge in [-0.1, -0.05) is 6.07 Å². The summed E-state index contributed by atoms with van der Waals surface area (Å²) in [5.74, 6) is 0. The number of nitrogens with zero attached hydrogens (tertiary/aromatic N) is 1. The van der Waals surface area contributed by atoms with Crippen LogP contribution in [0, 0.1) is 6.92 Å². The van der Waals surface area contributed by atoms with Crippen molar-refractivity contribution in [3.63, 3.8) is 0 Å². The van der Waals surface area contributed by atoms with E-state index in [1.54, 1.807) is 6.92 Å². The molecule has 1 heterocycles. The predicted octanol–water partition coefficient (Wildman–Crippen LogP) is 1.25. The Balaban J connectivity index is 2.45. The lowest BCUT2D eigenvalue weighted by atomic mass is 10.2. The van der Waals surface area contributed by atoms with Crippen LogP contribution in [0.3, 0.4) is 0 Å². The summed E-state index contributed by atoms with van der Waals surface area (Å²) >= 11 is 0. The van der Waals surface area contributed by atoms with Crippen LogP contribution in [-0.2, 0) is 6.54 Å². The quantitative estimate of drug-likeness (QED) is 0.758. The molecular weight excluding hydrogens is 176 g/mol. The molecule has 0 radical (unpaired) electrons. The Morgan fingerprint density at radius 1 is 1.43 bits per heavy atom. The molecule has 1 rings (SSSR count). The molecule has 2 N–H and O–H groups in total. The normalized spacial score (nSPS) is 15.1. The largest absolute Gasteiger partial charge is 0.392 e. The minimum atomic E-state index is -0.334. The summed E-state index contributed by atoms with van der Waals surface area (Å²) in [5.41, 5.74) is 2.03. The number of aromatic nitrogens is 1. The summed E-state index contributed by atoms with van der Waals surface area (Å²) < 4.78 is 0. The number of aliphatic hydroxyl groups is 1. The maximum atomic E-state index is 9.27. The average Bonchev–Trinajstić information content (AvgIpc) is 2.14. The lowest BCUT2D eigenvalue weighted by molar-refractivity contribution is 0.152. The molecule has 0 saturated heterocycles. The van der Waals surface area contributed by atoms with E-state index in [4.69, 9.17) is 0 Å². The van der Waals surface area contributed by atoms with Gasteiger partial charge < -0.3 is 10.4 Å². The van der Waals surface area contributed by atoms with E-state index in [0.29, 0.717) is 6.54 Å². The zero-order valence-electron chi connectivity index (χ0n) is 8.99. The molecule has 1 aromatic rings. The highest BCUT2D eigenvalue weighted by Crippen LogP contribution is 1.99. The van der Waals surface area contributed by atoms with Gasteiger partial charge >= 0.3 is 0 Å². The van der Waals surface area contributed by atoms with Gasteiger partial charge in [0.1, 0.15) is 0 Å². The lowest BCUT2D eigenvalue weighted by Gasteiger charge is -2.16. The Morgan fingerprint density at radius 3 is 2.71 bits per heavy atom. The molecule has 2 unspecified atom stereocenters. The van der Waals surface area contributed by atoms with E-state index in [1.807, 2.05) is 32.0 Å². The van der Waals surface area contributed by atoms with Crippen molar-refractivity contribution in [2.75, 3.05) is 0 Å². The van der Waals surface area contributed by atoms with Gasteiger partial charge in [0.25, 0.3) is 0 Å². The second kappa shape index (κ2) is 5.08. The third-order valence-corrected chi connectivity index (χ3v) is 2.27. The van der Waals surface area contributed by atoms with Crippen molar-refractivity contribution in [3.8, 4) is 0 Å². The number of aryl methyl sites for hydroxylation is 1. The number of pyridine rings is 1. The van der Waals surface area contributed by atoms with Crippen LogP contribution in [0.25, 0.3) is 0 Å². The predicted molar refractivity (Wildman–Crippen MR) is 57.0 cm³/mol. The number of nitrogens with one attached hydrogen (secondary N) is 1. The van der Waals surface area contributed by atoms with E-state index in [-0.39, 0.29) is 12.1 Å². The molecule has 0 aliphatic carbocycles. The molecule has 78 valence electrons. The third kappa shape index (κ3) is 3.44. The molecule has 0 saturated carbocycles. The van der Waals surface area contributed by atoms with Crippen LogP contribution < -0.4 is 5.32 Å². The Labute approximate surface area is 85.2 Å². The van der Waals surface area contributed by atoms with Gasteiger partial charge in [-0.2, -0.15) is 0 Å². The molecule has 0 aliphatic heterocycles. The van der Waals surface area contributed by atoms with Gasteiger partial charge in [0.15, 0.2) is 0 Å². The first-order valence-corrected chi connectivity index (χ1v) is 4.93. The SMILES string of the molecule is Cc1cccc(CNC(C)C(C)O)n1. The summed E-state index contributed by atoms with van der Waals surface area (Å²) in [4.78, 5) is 4.36. The van der Waals surface area contributed by atoms with Crippen molar-refractivity contribution in [2.45, 2.75) is 39.5 Å². The standard InChI is InChI=1S/C11H18N2O/c1-8-5-4-6-11(13-8)7-12-9(2)10(3)14/h4-6,9-10,12,14H,7H2,1-3H3. The van der Waals surface area contributed by atoms with Crippen molar-refractivity contribution < 1.29 is 5.11 Å². The van der Waals surface area contributed by atoms with Crippen LogP contribution in [0.5, 0.6) is 0 Å². The van der Waals surface area contributed by atoms with E-state index in [0.717, 1.165) is 11.4 Å². The number of aliphatic hydroxyl groups excluding tert-OH is 1. The van der Waals surface area contributed by atoms with Crippen LogP contribution in [0.4, 0.5) is 0 Å². The van der Waals surface area contributed by atoms with Crippen LogP contribution in [0.2, 0.25) is 0 Å². The first-order valence-electron chi connectivity index (χ1n) is 4.93. The molecule has 0 fully saturated rings. The Kier molecular flexibility index (Phi) is 4.04. The van der Waals surface area contributed by atoms with E-state index in [2.05, 4.69) is 10.3 Å². The minimum Gasteiger partial charge on any atom is -0.392 e. The van der Waals surface area contributed by atoms with Gasteiger partial charge in [0.05, 0.1) is 11.8 Å². The van der Waals surface area contributed by atoms with Gasteiger partial charge in [-0.15, -0.1) is 0 Å². The van der Waals surface area contributed by atoms with Crippen LogP contribution in [0.1, 0.15) is 25.2 Å². The second-order valence-corrected chi connectivity index (χ2v) is 3.68. The number of hydrogen-bond acceptors (Lipinski definition) is 3. The Bertz CT molecular complexity index is 286. The van der Waals surface area contributed by atoms with Crippen molar-refractivity contribution in [1.29, 1.82) is 0 Å². The summed E-state index contributed by atoms with van der Waals surface area (Å²) in [6.07, 6.45) is -0.334. The van der Waals surface area contributed by atoms with E-state index in [9.17, 15) is 5.11 Å². The Morgan fingerprint density at radius 2 is 2.14 bits per heavy atom. The highest BCUT2D eigenvalue weighted by atomic mass is 16.3. The molecule has 0 bridgehead atoms. The molecule has 3 heteroatoms. The fourth-order valence-electron chi connectivity index (χ4n) is 1.13. The zero-order chi connectivity index (χ0) is 10.6. The lowest BCUT2D eigenvalue weighted by Crippen LogP contribution is -2.35. The topological polar surface area (TPSA) is 45.1 Å². The van der Waals surface area contributed by atoms with E-state index < -0.39 is 0 Å². The van der Waals surface area contributed by atoms with Crippen molar-refractivity contribution in [2.24, 2.45) is 0 Å². The number of rotatable bonds is 4. The van der Waals surface area contributed by atoms with Crippen LogP contribution in [-0.4, -0.2) is 22.2 Å². The molecule has 0 aliphatic rings. The van der Waals surface area contributed by atoms with Gasteiger partial charge in [-0.3, -0.25) is 4.98 Å². The Hall–Kier alpha value is -0.930. The first-order chi connectivity index (χ1) is 6.59. The average molecular weight is 194 g/mol. The highest BCUT2D eigenvalue weighted by molar-refractivity contribution is 5.09. The number of hydrogen-bond donors (Lipinski definition) is 2. The molecule has 0 amide bonds. The van der Waals surface area contributed by atoms with Crippen molar-refractivity contribution in [3.05, 3.63) is 29.6 Å². The molecule has 3 nitrogen and oxygen atoms in total. The molecule has 2 atom stereocenters. The van der Waals surface area contributed by atoms with Gasteiger partial charge in [0, 0.05) is 18.3 Å². The first kappa shape index (κ1) is 11.1. The fraction of sp³-hybridized carbons (Fsp3) is 0.545. The molecule has 1 aromatic heterocycles. The third-order valence-electron chi connectivity index (χ3n) is 2.27. The smallest absolute Gasteiger partial charge is 0.0662 e. The van der Waals surface area contributed by atoms with Crippen molar-refractivity contribution >= 4 is 0 Å². The van der Waals surface area contributed by atoms with E-state index >= 15 is 0 Å². The molecule has 14 heavy (non-hydrogen) atoms.